The van der Waals surface area contributed by atoms with Gasteiger partial charge in [0.1, 0.15) is 5.92 Å². The minimum atomic E-state index is -0.691. The molecule has 0 aromatic carbocycles. The molecule has 0 saturated carbocycles. The lowest BCUT2D eigenvalue weighted by Gasteiger charge is -2.06. The van der Waals surface area contributed by atoms with Gasteiger partial charge in [-0.15, -0.1) is 0 Å². The maximum Gasteiger partial charge on any atom is 0.243 e. The van der Waals surface area contributed by atoms with E-state index in [1.165, 1.54) is 6.92 Å². The van der Waals surface area contributed by atoms with Crippen molar-refractivity contribution in [2.24, 2.45) is 5.92 Å². The number of carbonyl (C=O) groups excluding carboxylic acids is 2. The molecular weight excluding hydrogens is 168 g/mol. The molecule has 1 N–H and O–H groups in total. The van der Waals surface area contributed by atoms with Crippen molar-refractivity contribution in [1.82, 2.24) is 5.32 Å². The number of rotatable bonds is 4. The average molecular weight is 182 g/mol. The van der Waals surface area contributed by atoms with E-state index in [4.69, 9.17) is 5.26 Å². The van der Waals surface area contributed by atoms with Crippen LogP contribution in [-0.2, 0) is 9.59 Å². The predicted molar refractivity (Wildman–Crippen MR) is 47.5 cm³/mol. The molecule has 0 radical (unpaired) electrons. The Morgan fingerprint density at radius 2 is 2.15 bits per heavy atom. The Morgan fingerprint density at radius 3 is 2.54 bits per heavy atom. The van der Waals surface area contributed by atoms with Gasteiger partial charge in [-0.3, -0.25) is 14.9 Å². The Labute approximate surface area is 77.9 Å². The molecule has 0 heterocycles. The first-order valence-electron chi connectivity index (χ1n) is 4.32. The highest BCUT2D eigenvalue weighted by molar-refractivity contribution is 5.96. The lowest BCUT2D eigenvalue weighted by Crippen LogP contribution is -2.33. The average Bonchev–Trinajstić information content (AvgIpc) is 2.04. The summed E-state index contributed by atoms with van der Waals surface area (Å²) in [6, 6.07) is 1.88. The number of hydrogen-bond acceptors (Lipinski definition) is 3. The van der Waals surface area contributed by atoms with Crippen LogP contribution in [0.5, 0.6) is 0 Å². The van der Waals surface area contributed by atoms with Crippen LogP contribution in [0.3, 0.4) is 0 Å². The summed E-state index contributed by atoms with van der Waals surface area (Å²) in [4.78, 5) is 21.6. The maximum atomic E-state index is 11.1. The molecule has 2 amide bonds. The number of hydrogen-bond donors (Lipinski definition) is 1. The van der Waals surface area contributed by atoms with Gasteiger partial charge in [-0.05, 0) is 6.42 Å². The summed E-state index contributed by atoms with van der Waals surface area (Å²) < 4.78 is 0. The van der Waals surface area contributed by atoms with E-state index in [0.29, 0.717) is 6.42 Å². The van der Waals surface area contributed by atoms with Crippen LogP contribution in [0.2, 0.25) is 0 Å². The Kier molecular flexibility index (Phi) is 5.53. The number of nitrogens with zero attached hydrogens (tertiary/aromatic N) is 1. The van der Waals surface area contributed by atoms with Crippen LogP contribution in [0.1, 0.15) is 33.1 Å². The van der Waals surface area contributed by atoms with Crippen LogP contribution in [0.4, 0.5) is 0 Å². The Hall–Kier alpha value is -1.37. The summed E-state index contributed by atoms with van der Waals surface area (Å²) in [5, 5.41) is 10.7. The summed E-state index contributed by atoms with van der Waals surface area (Å²) in [5.74, 6) is -1.59. The molecule has 0 aromatic rings. The zero-order valence-corrected chi connectivity index (χ0v) is 7.96. The summed E-state index contributed by atoms with van der Waals surface area (Å²) in [7, 11) is 0. The van der Waals surface area contributed by atoms with E-state index in [0.717, 1.165) is 12.8 Å². The van der Waals surface area contributed by atoms with Crippen molar-refractivity contribution >= 4 is 11.8 Å². The van der Waals surface area contributed by atoms with Crippen LogP contribution in [0.25, 0.3) is 0 Å². The van der Waals surface area contributed by atoms with Crippen molar-refractivity contribution < 1.29 is 9.59 Å². The molecule has 1 atom stereocenters. The van der Waals surface area contributed by atoms with E-state index >= 15 is 0 Å². The molecule has 1 unspecified atom stereocenters. The fourth-order valence-electron chi connectivity index (χ4n) is 0.923. The van der Waals surface area contributed by atoms with Gasteiger partial charge in [-0.2, -0.15) is 5.26 Å². The minimum absolute atomic E-state index is 0.415. The van der Waals surface area contributed by atoms with Gasteiger partial charge in [0.15, 0.2) is 0 Å². The first-order chi connectivity index (χ1) is 6.11. The van der Waals surface area contributed by atoms with Gasteiger partial charge in [0.05, 0.1) is 6.07 Å². The van der Waals surface area contributed by atoms with Crippen molar-refractivity contribution in [3.8, 4) is 6.07 Å². The number of amides is 2. The lowest BCUT2D eigenvalue weighted by atomic mass is 10.0. The van der Waals surface area contributed by atoms with E-state index in [1.807, 2.05) is 13.0 Å². The molecule has 0 bridgehead atoms. The molecule has 0 saturated heterocycles. The second-order valence-electron chi connectivity index (χ2n) is 2.87. The van der Waals surface area contributed by atoms with Crippen LogP contribution in [0, 0.1) is 17.2 Å². The number of nitriles is 1. The van der Waals surface area contributed by atoms with Gasteiger partial charge in [0, 0.05) is 6.92 Å². The van der Waals surface area contributed by atoms with Gasteiger partial charge in [0.2, 0.25) is 11.8 Å². The number of imide groups is 1. The first kappa shape index (κ1) is 11.6. The third-order valence-corrected chi connectivity index (χ3v) is 1.62. The molecule has 0 rings (SSSR count). The lowest BCUT2D eigenvalue weighted by molar-refractivity contribution is -0.130. The largest absolute Gasteiger partial charge is 0.296 e. The normalized spacial score (nSPS) is 11.5. The number of carbonyl (C=O) groups is 2. The van der Waals surface area contributed by atoms with E-state index in [9.17, 15) is 9.59 Å². The molecule has 72 valence electrons. The van der Waals surface area contributed by atoms with E-state index < -0.39 is 17.7 Å². The molecule has 0 aliphatic carbocycles. The zero-order valence-electron chi connectivity index (χ0n) is 7.96. The maximum absolute atomic E-state index is 11.1. The van der Waals surface area contributed by atoms with Crippen LogP contribution >= 0.6 is 0 Å². The third kappa shape index (κ3) is 4.96. The molecule has 0 fully saturated rings. The van der Waals surface area contributed by atoms with Gasteiger partial charge in [-0.1, -0.05) is 19.8 Å². The molecule has 0 aliphatic heterocycles. The van der Waals surface area contributed by atoms with Gasteiger partial charge < -0.3 is 0 Å². The zero-order chi connectivity index (χ0) is 10.3. The van der Waals surface area contributed by atoms with Crippen LogP contribution in [0.15, 0.2) is 0 Å². The van der Waals surface area contributed by atoms with Crippen molar-refractivity contribution in [2.75, 3.05) is 0 Å². The summed E-state index contributed by atoms with van der Waals surface area (Å²) >= 11 is 0. The van der Waals surface area contributed by atoms with Crippen molar-refractivity contribution in [3.05, 3.63) is 0 Å². The Balaban J connectivity index is 4.01. The minimum Gasteiger partial charge on any atom is -0.296 e. The monoisotopic (exact) mass is 182 g/mol. The fourth-order valence-corrected chi connectivity index (χ4v) is 0.923. The molecule has 0 aliphatic rings. The van der Waals surface area contributed by atoms with Gasteiger partial charge >= 0.3 is 0 Å². The first-order valence-corrected chi connectivity index (χ1v) is 4.32. The second kappa shape index (κ2) is 6.18. The highest BCUT2D eigenvalue weighted by atomic mass is 16.2. The van der Waals surface area contributed by atoms with Crippen molar-refractivity contribution in [2.45, 2.75) is 33.1 Å². The highest BCUT2D eigenvalue weighted by Crippen LogP contribution is 2.07. The van der Waals surface area contributed by atoms with Crippen molar-refractivity contribution in [3.63, 3.8) is 0 Å². The van der Waals surface area contributed by atoms with Gasteiger partial charge in [-0.25, -0.2) is 0 Å². The Bertz CT molecular complexity index is 230. The van der Waals surface area contributed by atoms with Crippen LogP contribution in [-0.4, -0.2) is 11.8 Å². The number of nitrogens with one attached hydrogen (secondary N) is 1. The summed E-state index contributed by atoms with van der Waals surface area (Å²) in [6.45, 7) is 3.24. The topological polar surface area (TPSA) is 70.0 Å². The molecule has 13 heavy (non-hydrogen) atoms. The summed E-state index contributed by atoms with van der Waals surface area (Å²) in [6.07, 6.45) is 2.28. The van der Waals surface area contributed by atoms with Gasteiger partial charge in [0.25, 0.3) is 0 Å². The second-order valence-corrected chi connectivity index (χ2v) is 2.87. The highest BCUT2D eigenvalue weighted by Gasteiger charge is 2.17. The number of unbranched alkanes of at least 4 members (excludes halogenated alkanes) is 1. The van der Waals surface area contributed by atoms with Crippen molar-refractivity contribution in [1.29, 1.82) is 5.26 Å². The fraction of sp³-hybridized carbons (Fsp3) is 0.667. The molecular formula is C9H14N2O2. The standard InChI is InChI=1S/C9H14N2O2/c1-3-4-5-8(6-10)9(13)11-7(2)12/h8H,3-5H2,1-2H3,(H,11,12,13). The Morgan fingerprint density at radius 1 is 1.54 bits per heavy atom. The van der Waals surface area contributed by atoms with E-state index in [-0.39, 0.29) is 0 Å². The third-order valence-electron chi connectivity index (χ3n) is 1.62. The van der Waals surface area contributed by atoms with E-state index in [1.54, 1.807) is 0 Å². The smallest absolute Gasteiger partial charge is 0.243 e. The van der Waals surface area contributed by atoms with Crippen LogP contribution < -0.4 is 5.32 Å². The summed E-state index contributed by atoms with van der Waals surface area (Å²) in [5.41, 5.74) is 0. The molecule has 0 spiro atoms. The molecule has 4 nitrogen and oxygen atoms in total. The predicted octanol–water partition coefficient (Wildman–Crippen LogP) is 0.979. The molecule has 4 heteroatoms. The van der Waals surface area contributed by atoms with E-state index in [2.05, 4.69) is 5.32 Å². The quantitative estimate of drug-likeness (QED) is 0.704. The SMILES string of the molecule is CCCCC(C#N)C(=O)NC(C)=O. The molecule has 0 aromatic heterocycles.